The fourth-order valence-corrected chi connectivity index (χ4v) is 4.47. The SMILES string of the molecule is CC1CCCC(C)N1C(=NS(=O)(=O)c1ccccc1)c1ccccc1. The van der Waals surface area contributed by atoms with Crippen molar-refractivity contribution in [1.82, 2.24) is 4.90 Å². The number of likely N-dealkylation sites (tertiary alicyclic amines) is 1. The summed E-state index contributed by atoms with van der Waals surface area (Å²) in [7, 11) is -3.76. The molecule has 2 aromatic carbocycles. The summed E-state index contributed by atoms with van der Waals surface area (Å²) in [5.74, 6) is 0.546. The highest BCUT2D eigenvalue weighted by atomic mass is 32.2. The standard InChI is InChI=1S/C20H24N2O2S/c1-16-10-9-11-17(2)22(16)20(18-12-5-3-6-13-18)21-25(23,24)19-14-7-4-8-15-19/h3-8,12-17H,9-11H2,1-2H3. The Morgan fingerprint density at radius 3 is 2.00 bits per heavy atom. The van der Waals surface area contributed by atoms with E-state index in [2.05, 4.69) is 23.1 Å². The maximum absolute atomic E-state index is 12.9. The van der Waals surface area contributed by atoms with Crippen LogP contribution in [0.25, 0.3) is 0 Å². The number of nitrogens with zero attached hydrogens (tertiary/aromatic N) is 2. The van der Waals surface area contributed by atoms with Crippen LogP contribution in [0.2, 0.25) is 0 Å². The van der Waals surface area contributed by atoms with Gasteiger partial charge in [0.2, 0.25) is 0 Å². The molecular weight excluding hydrogens is 332 g/mol. The molecule has 1 saturated heterocycles. The van der Waals surface area contributed by atoms with E-state index < -0.39 is 10.0 Å². The summed E-state index contributed by atoms with van der Waals surface area (Å²) in [5.41, 5.74) is 0.836. The highest BCUT2D eigenvalue weighted by Crippen LogP contribution is 2.26. The number of benzene rings is 2. The summed E-state index contributed by atoms with van der Waals surface area (Å²) >= 11 is 0. The fraction of sp³-hybridized carbons (Fsp3) is 0.350. The van der Waals surface area contributed by atoms with Gasteiger partial charge < -0.3 is 4.90 Å². The summed E-state index contributed by atoms with van der Waals surface area (Å²) in [5, 5.41) is 0. The molecule has 132 valence electrons. The normalized spacial score (nSPS) is 22.0. The molecule has 2 aromatic rings. The number of hydrogen-bond acceptors (Lipinski definition) is 2. The minimum absolute atomic E-state index is 0.223. The third-order valence-corrected chi connectivity index (χ3v) is 6.00. The lowest BCUT2D eigenvalue weighted by Crippen LogP contribution is -2.48. The van der Waals surface area contributed by atoms with Gasteiger partial charge >= 0.3 is 0 Å². The number of sulfonamides is 1. The van der Waals surface area contributed by atoms with E-state index in [-0.39, 0.29) is 17.0 Å². The Bertz CT molecular complexity index is 823. The molecular formula is C20H24N2O2S. The van der Waals surface area contributed by atoms with Crippen LogP contribution in [0.5, 0.6) is 0 Å². The Balaban J connectivity index is 2.12. The van der Waals surface area contributed by atoms with Gasteiger partial charge in [0.05, 0.1) is 4.90 Å². The molecule has 1 aliphatic heterocycles. The Morgan fingerprint density at radius 1 is 0.920 bits per heavy atom. The lowest BCUT2D eigenvalue weighted by atomic mass is 9.96. The second kappa shape index (κ2) is 7.40. The van der Waals surface area contributed by atoms with E-state index in [9.17, 15) is 8.42 Å². The van der Waals surface area contributed by atoms with Crippen LogP contribution in [-0.4, -0.2) is 31.2 Å². The van der Waals surface area contributed by atoms with Crippen LogP contribution in [0.3, 0.4) is 0 Å². The summed E-state index contributed by atoms with van der Waals surface area (Å²) in [6.45, 7) is 4.28. The number of rotatable bonds is 3. The van der Waals surface area contributed by atoms with E-state index in [1.807, 2.05) is 30.3 Å². The summed E-state index contributed by atoms with van der Waals surface area (Å²) in [6.07, 6.45) is 3.25. The molecule has 5 heteroatoms. The predicted octanol–water partition coefficient (Wildman–Crippen LogP) is 4.09. The molecule has 0 amide bonds. The van der Waals surface area contributed by atoms with Crippen molar-refractivity contribution in [2.45, 2.75) is 50.1 Å². The molecule has 0 bridgehead atoms. The molecule has 2 atom stereocenters. The molecule has 0 aliphatic carbocycles. The molecule has 0 saturated carbocycles. The van der Waals surface area contributed by atoms with Crippen molar-refractivity contribution < 1.29 is 8.42 Å². The molecule has 1 fully saturated rings. The zero-order chi connectivity index (χ0) is 17.9. The Morgan fingerprint density at radius 2 is 1.44 bits per heavy atom. The lowest BCUT2D eigenvalue weighted by Gasteiger charge is -2.41. The van der Waals surface area contributed by atoms with Gasteiger partial charge in [-0.05, 0) is 45.2 Å². The third kappa shape index (κ3) is 3.93. The maximum atomic E-state index is 12.9. The molecule has 1 aliphatic rings. The van der Waals surface area contributed by atoms with Gasteiger partial charge in [0.25, 0.3) is 10.0 Å². The van der Waals surface area contributed by atoms with Crippen LogP contribution >= 0.6 is 0 Å². The monoisotopic (exact) mass is 356 g/mol. The second-order valence-corrected chi connectivity index (χ2v) is 8.21. The summed E-state index contributed by atoms with van der Waals surface area (Å²) in [4.78, 5) is 2.39. The smallest absolute Gasteiger partial charge is 0.284 e. The molecule has 1 heterocycles. The van der Waals surface area contributed by atoms with E-state index in [1.54, 1.807) is 30.3 Å². The van der Waals surface area contributed by atoms with Crippen LogP contribution in [-0.2, 0) is 10.0 Å². The van der Waals surface area contributed by atoms with Crippen molar-refractivity contribution in [2.24, 2.45) is 4.40 Å². The van der Waals surface area contributed by atoms with Crippen LogP contribution in [0, 0.1) is 0 Å². The minimum atomic E-state index is -3.76. The topological polar surface area (TPSA) is 49.7 Å². The van der Waals surface area contributed by atoms with Crippen LogP contribution < -0.4 is 0 Å². The zero-order valence-corrected chi connectivity index (χ0v) is 15.5. The molecule has 0 radical (unpaired) electrons. The number of piperidine rings is 1. The van der Waals surface area contributed by atoms with Crippen molar-refractivity contribution in [2.75, 3.05) is 0 Å². The lowest BCUT2D eigenvalue weighted by molar-refractivity contribution is 0.192. The molecule has 0 N–H and O–H groups in total. The molecule has 4 nitrogen and oxygen atoms in total. The first kappa shape index (κ1) is 17.7. The molecule has 3 rings (SSSR count). The van der Waals surface area contributed by atoms with Crippen molar-refractivity contribution >= 4 is 15.9 Å². The van der Waals surface area contributed by atoms with E-state index in [4.69, 9.17) is 0 Å². The molecule has 0 aromatic heterocycles. The van der Waals surface area contributed by atoms with Gasteiger partial charge in [0.15, 0.2) is 0 Å². The van der Waals surface area contributed by atoms with Crippen LogP contribution in [0.15, 0.2) is 70.0 Å². The van der Waals surface area contributed by atoms with Crippen molar-refractivity contribution in [1.29, 1.82) is 0 Å². The van der Waals surface area contributed by atoms with E-state index in [0.29, 0.717) is 5.84 Å². The first-order valence-corrected chi connectivity index (χ1v) is 10.2. The average Bonchev–Trinajstić information content (AvgIpc) is 2.62. The maximum Gasteiger partial charge on any atom is 0.284 e. The van der Waals surface area contributed by atoms with Crippen LogP contribution in [0.4, 0.5) is 0 Å². The zero-order valence-electron chi connectivity index (χ0n) is 14.7. The average molecular weight is 356 g/mol. The van der Waals surface area contributed by atoms with Crippen molar-refractivity contribution in [3.8, 4) is 0 Å². The van der Waals surface area contributed by atoms with Gasteiger partial charge in [-0.1, -0.05) is 48.5 Å². The Kier molecular flexibility index (Phi) is 5.23. The Labute approximate surface area is 150 Å². The minimum Gasteiger partial charge on any atom is -0.350 e. The van der Waals surface area contributed by atoms with E-state index in [0.717, 1.165) is 24.8 Å². The van der Waals surface area contributed by atoms with E-state index >= 15 is 0 Å². The Hall–Kier alpha value is -2.14. The van der Waals surface area contributed by atoms with Gasteiger partial charge in [-0.2, -0.15) is 8.42 Å². The quantitative estimate of drug-likeness (QED) is 0.615. The largest absolute Gasteiger partial charge is 0.350 e. The van der Waals surface area contributed by atoms with Gasteiger partial charge in [-0.3, -0.25) is 0 Å². The van der Waals surface area contributed by atoms with Gasteiger partial charge in [-0.15, -0.1) is 4.40 Å². The third-order valence-electron chi connectivity index (χ3n) is 4.72. The van der Waals surface area contributed by atoms with E-state index in [1.165, 1.54) is 0 Å². The fourth-order valence-electron chi connectivity index (χ4n) is 3.43. The van der Waals surface area contributed by atoms with Gasteiger partial charge in [0, 0.05) is 17.6 Å². The van der Waals surface area contributed by atoms with Gasteiger partial charge in [0.1, 0.15) is 5.84 Å². The number of amidine groups is 1. The van der Waals surface area contributed by atoms with Gasteiger partial charge in [-0.25, -0.2) is 0 Å². The first-order chi connectivity index (χ1) is 12.0. The van der Waals surface area contributed by atoms with Crippen molar-refractivity contribution in [3.05, 3.63) is 66.2 Å². The highest BCUT2D eigenvalue weighted by molar-refractivity contribution is 7.90. The van der Waals surface area contributed by atoms with Crippen LogP contribution in [0.1, 0.15) is 38.7 Å². The summed E-state index contributed by atoms with van der Waals surface area (Å²) in [6, 6.07) is 18.5. The second-order valence-electron chi connectivity index (χ2n) is 6.61. The first-order valence-electron chi connectivity index (χ1n) is 8.73. The molecule has 25 heavy (non-hydrogen) atoms. The predicted molar refractivity (Wildman–Crippen MR) is 101 cm³/mol. The summed E-state index contributed by atoms with van der Waals surface area (Å²) < 4.78 is 30.0. The van der Waals surface area contributed by atoms with Crippen molar-refractivity contribution in [3.63, 3.8) is 0 Å². The molecule has 2 unspecified atom stereocenters. The number of hydrogen-bond donors (Lipinski definition) is 0. The highest BCUT2D eigenvalue weighted by Gasteiger charge is 2.30. The molecule has 0 spiro atoms.